The van der Waals surface area contributed by atoms with Gasteiger partial charge >= 0.3 is 5.69 Å². The molecule has 0 aliphatic carbocycles. The summed E-state index contributed by atoms with van der Waals surface area (Å²) in [6, 6.07) is 9.83. The number of aliphatic hydroxyl groups is 1. The highest BCUT2D eigenvalue weighted by Crippen LogP contribution is 2.46. The zero-order chi connectivity index (χ0) is 26.4. The van der Waals surface area contributed by atoms with Gasteiger partial charge in [0.2, 0.25) is 5.91 Å². The molecule has 2 aromatic carbocycles. The molecule has 3 N–H and O–H groups in total. The van der Waals surface area contributed by atoms with Crippen molar-refractivity contribution >= 4 is 29.1 Å². The number of benzene rings is 2. The zero-order valence-corrected chi connectivity index (χ0v) is 20.9. The van der Waals surface area contributed by atoms with E-state index in [2.05, 4.69) is 10.3 Å². The summed E-state index contributed by atoms with van der Waals surface area (Å²) in [5, 5.41) is 14.0. The largest absolute Gasteiger partial charge is 0.457 e. The lowest BCUT2D eigenvalue weighted by atomic mass is 9.87. The first-order valence-corrected chi connectivity index (χ1v) is 12.3. The fraction of sp³-hybridized carbons (Fsp3) is 0.320. The number of aliphatic hydroxyl groups excluding tert-OH is 1. The van der Waals surface area contributed by atoms with Crippen molar-refractivity contribution in [1.29, 1.82) is 0 Å². The molecule has 12 heteroatoms. The number of aryl methyl sites for hydroxylation is 1. The Morgan fingerprint density at radius 3 is 2.35 bits per heavy atom. The van der Waals surface area contributed by atoms with E-state index in [4.69, 9.17) is 32.7 Å². The number of hydrogen-bond donors (Lipinski definition) is 3. The van der Waals surface area contributed by atoms with E-state index < -0.39 is 47.7 Å². The average Bonchev–Trinajstić information content (AvgIpc) is 3.14. The summed E-state index contributed by atoms with van der Waals surface area (Å²) in [6.07, 6.45) is -4.72. The standard InChI is InChI=1S/C25H22Cl2FN3O6/c1-2-11-10-31(25(35)30-22(11)33)24-20(28)21(32)18(37-24)9-29-23(34)19-14-7-12(26)3-5-16(14)36-17-6-4-13(27)8-15(17)19/h3-8,10,18-21,24,32H,2,9H2,1H3,(H,29,34)(H,30,33,35)/t18-,20+,21-,24-/m1/s1. The number of nitrogens with zero attached hydrogens (tertiary/aromatic N) is 1. The summed E-state index contributed by atoms with van der Waals surface area (Å²) < 4.78 is 27.5. The first-order chi connectivity index (χ1) is 17.7. The Morgan fingerprint density at radius 2 is 1.76 bits per heavy atom. The first-order valence-electron chi connectivity index (χ1n) is 11.5. The van der Waals surface area contributed by atoms with Crippen molar-refractivity contribution in [2.75, 3.05) is 6.54 Å². The Balaban J connectivity index is 1.38. The summed E-state index contributed by atoms with van der Waals surface area (Å²) in [7, 11) is 0. The van der Waals surface area contributed by atoms with E-state index in [1.165, 1.54) is 6.20 Å². The van der Waals surface area contributed by atoms with Crippen LogP contribution < -0.4 is 21.3 Å². The Hall–Kier alpha value is -3.18. The maximum Gasteiger partial charge on any atom is 0.330 e. The Morgan fingerprint density at radius 1 is 1.14 bits per heavy atom. The molecule has 4 atom stereocenters. The molecule has 1 amide bonds. The maximum atomic E-state index is 15.0. The van der Waals surface area contributed by atoms with Gasteiger partial charge < -0.3 is 19.9 Å². The average molecular weight is 550 g/mol. The van der Waals surface area contributed by atoms with Crippen molar-refractivity contribution in [2.24, 2.45) is 0 Å². The number of carbonyl (C=O) groups is 1. The second kappa shape index (κ2) is 9.94. The highest BCUT2D eigenvalue weighted by Gasteiger charge is 2.46. The van der Waals surface area contributed by atoms with Gasteiger partial charge in [0.05, 0.1) is 5.92 Å². The highest BCUT2D eigenvalue weighted by molar-refractivity contribution is 6.31. The molecule has 2 aliphatic heterocycles. The summed E-state index contributed by atoms with van der Waals surface area (Å²) in [5.41, 5.74) is -0.146. The molecule has 0 unspecified atom stereocenters. The summed E-state index contributed by atoms with van der Waals surface area (Å²) in [4.78, 5) is 39.7. The number of carbonyl (C=O) groups excluding carboxylic acids is 1. The lowest BCUT2D eigenvalue weighted by Gasteiger charge is -2.28. The highest BCUT2D eigenvalue weighted by atomic mass is 35.5. The van der Waals surface area contributed by atoms with E-state index in [1.807, 2.05) is 0 Å². The monoisotopic (exact) mass is 549 g/mol. The summed E-state index contributed by atoms with van der Waals surface area (Å²) in [5.74, 6) is -0.422. The maximum absolute atomic E-state index is 15.0. The Labute approximate surface area is 219 Å². The molecule has 3 aromatic rings. The minimum absolute atomic E-state index is 0.251. The van der Waals surface area contributed by atoms with E-state index >= 15 is 4.39 Å². The fourth-order valence-corrected chi connectivity index (χ4v) is 4.97. The lowest BCUT2D eigenvalue weighted by molar-refractivity contribution is -0.123. The first kappa shape index (κ1) is 25.5. The van der Waals surface area contributed by atoms with Crippen LogP contribution in [0.1, 0.15) is 35.8 Å². The van der Waals surface area contributed by atoms with E-state index in [0.717, 1.165) is 4.57 Å². The molecule has 194 valence electrons. The molecule has 5 rings (SSSR count). The van der Waals surface area contributed by atoms with E-state index in [1.54, 1.807) is 43.3 Å². The van der Waals surface area contributed by atoms with Crippen molar-refractivity contribution < 1.29 is 23.8 Å². The molecule has 0 spiro atoms. The second-order valence-corrected chi connectivity index (χ2v) is 9.69. The van der Waals surface area contributed by atoms with E-state index in [-0.39, 0.29) is 12.1 Å². The van der Waals surface area contributed by atoms with Gasteiger partial charge in [-0.2, -0.15) is 0 Å². The zero-order valence-electron chi connectivity index (χ0n) is 19.4. The van der Waals surface area contributed by atoms with Gasteiger partial charge in [0, 0.05) is 39.5 Å². The number of amides is 1. The van der Waals surface area contributed by atoms with Crippen LogP contribution in [0.4, 0.5) is 4.39 Å². The second-order valence-electron chi connectivity index (χ2n) is 8.82. The molecular formula is C25H22Cl2FN3O6. The number of halogens is 3. The third-order valence-corrected chi connectivity index (χ3v) is 6.99. The van der Waals surface area contributed by atoms with Crippen molar-refractivity contribution in [3.63, 3.8) is 0 Å². The number of nitrogens with one attached hydrogen (secondary N) is 2. The van der Waals surface area contributed by atoms with Crippen LogP contribution in [-0.4, -0.2) is 45.5 Å². The van der Waals surface area contributed by atoms with Crippen LogP contribution in [0.3, 0.4) is 0 Å². The van der Waals surface area contributed by atoms with E-state index in [9.17, 15) is 19.5 Å². The number of fused-ring (bicyclic) bond motifs is 2. The Bertz CT molecular complexity index is 1440. The molecule has 0 bridgehead atoms. The van der Waals surface area contributed by atoms with Crippen LogP contribution in [0.15, 0.2) is 52.2 Å². The van der Waals surface area contributed by atoms with Gasteiger partial charge in [-0.1, -0.05) is 30.1 Å². The van der Waals surface area contributed by atoms with Crippen molar-refractivity contribution in [3.8, 4) is 11.5 Å². The summed E-state index contributed by atoms with van der Waals surface area (Å²) >= 11 is 12.4. The van der Waals surface area contributed by atoms with Crippen LogP contribution in [-0.2, 0) is 16.0 Å². The van der Waals surface area contributed by atoms with Gasteiger partial charge in [-0.15, -0.1) is 0 Å². The van der Waals surface area contributed by atoms with Gasteiger partial charge in [-0.25, -0.2) is 9.18 Å². The Kier molecular flexibility index (Phi) is 6.84. The van der Waals surface area contributed by atoms with Gasteiger partial charge in [0.15, 0.2) is 12.4 Å². The van der Waals surface area contributed by atoms with Crippen LogP contribution in [0, 0.1) is 0 Å². The molecule has 9 nitrogen and oxygen atoms in total. The molecular weight excluding hydrogens is 528 g/mol. The summed E-state index contributed by atoms with van der Waals surface area (Å²) in [6.45, 7) is 1.46. The number of aromatic amines is 1. The van der Waals surface area contributed by atoms with E-state index in [0.29, 0.717) is 39.1 Å². The van der Waals surface area contributed by atoms with Crippen LogP contribution in [0.25, 0.3) is 0 Å². The van der Waals surface area contributed by atoms with Crippen LogP contribution >= 0.6 is 23.2 Å². The van der Waals surface area contributed by atoms with Crippen LogP contribution in [0.5, 0.6) is 11.5 Å². The molecule has 1 aromatic heterocycles. The molecule has 1 fully saturated rings. The molecule has 1 saturated heterocycles. The lowest BCUT2D eigenvalue weighted by Crippen LogP contribution is -2.41. The predicted molar refractivity (Wildman–Crippen MR) is 133 cm³/mol. The van der Waals surface area contributed by atoms with Gasteiger partial charge in [0.1, 0.15) is 23.7 Å². The minimum atomic E-state index is -1.97. The molecule has 3 heterocycles. The number of H-pyrrole nitrogens is 1. The SMILES string of the molecule is CCc1cn([C@@H]2O[C@H](CNC(=O)C3c4cc(Cl)ccc4Oc4ccc(Cl)cc43)[C@@H](O)[C@@H]2F)c(=O)[nH]c1=O. The molecule has 0 radical (unpaired) electrons. The van der Waals surface area contributed by atoms with Crippen molar-refractivity contribution in [3.05, 3.63) is 90.2 Å². The molecule has 0 saturated carbocycles. The topological polar surface area (TPSA) is 123 Å². The number of rotatable bonds is 5. The third kappa shape index (κ3) is 4.66. The smallest absolute Gasteiger partial charge is 0.330 e. The molecule has 37 heavy (non-hydrogen) atoms. The third-order valence-electron chi connectivity index (χ3n) is 6.52. The van der Waals surface area contributed by atoms with Crippen molar-refractivity contribution in [2.45, 2.75) is 43.9 Å². The number of ether oxygens (including phenoxy) is 2. The number of aromatic nitrogens is 2. The minimum Gasteiger partial charge on any atom is -0.457 e. The fourth-order valence-electron chi connectivity index (χ4n) is 4.61. The quantitative estimate of drug-likeness (QED) is 0.449. The van der Waals surface area contributed by atoms with Gasteiger partial charge in [-0.05, 0) is 42.8 Å². The van der Waals surface area contributed by atoms with Crippen molar-refractivity contribution in [1.82, 2.24) is 14.9 Å². The van der Waals surface area contributed by atoms with Gasteiger partial charge in [-0.3, -0.25) is 19.1 Å². The van der Waals surface area contributed by atoms with Gasteiger partial charge in [0.25, 0.3) is 5.56 Å². The van der Waals surface area contributed by atoms with Crippen LogP contribution in [0.2, 0.25) is 10.0 Å². The predicted octanol–water partition coefficient (Wildman–Crippen LogP) is 3.06. The molecule has 2 aliphatic rings. The number of alkyl halides is 1. The number of hydrogen-bond acceptors (Lipinski definition) is 6. The normalized spacial score (nSPS) is 22.7.